The van der Waals surface area contributed by atoms with Crippen molar-refractivity contribution < 1.29 is 9.59 Å². The Kier molecular flexibility index (Phi) is 5.17. The predicted octanol–water partition coefficient (Wildman–Crippen LogP) is 4.39. The monoisotopic (exact) mass is 299 g/mol. The molecule has 0 aliphatic heterocycles. The summed E-state index contributed by atoms with van der Waals surface area (Å²) in [6.07, 6.45) is 0.525. The van der Waals surface area contributed by atoms with Crippen LogP contribution in [0.5, 0.6) is 0 Å². The number of carbonyl (C=O) groups is 2. The van der Waals surface area contributed by atoms with Gasteiger partial charge in [0.2, 0.25) is 5.91 Å². The summed E-state index contributed by atoms with van der Waals surface area (Å²) in [6, 6.07) is 15.3. The van der Waals surface area contributed by atoms with Gasteiger partial charge in [0.25, 0.3) is 0 Å². The predicted molar refractivity (Wildman–Crippen MR) is 85.9 cm³/mol. The van der Waals surface area contributed by atoms with Crippen molar-refractivity contribution >= 4 is 29.1 Å². The first-order valence-corrected chi connectivity index (χ1v) is 7.59. The molecule has 0 saturated carbocycles. The van der Waals surface area contributed by atoms with Gasteiger partial charge in [-0.25, -0.2) is 0 Å². The number of benzene rings is 2. The van der Waals surface area contributed by atoms with Crippen LogP contribution in [0.1, 0.15) is 30.6 Å². The van der Waals surface area contributed by atoms with E-state index in [4.69, 9.17) is 0 Å². The third-order valence-electron chi connectivity index (χ3n) is 2.91. The fraction of sp³-hybridized carbons (Fsp3) is 0.176. The molecule has 0 fully saturated rings. The molecule has 2 rings (SSSR count). The SMILES string of the molecule is CCC(=O)c1ccc(Sc2ccc(NC(C)=O)cc2)cc1. The molecule has 0 aliphatic rings. The Morgan fingerprint density at radius 2 is 1.48 bits per heavy atom. The molecule has 2 aromatic rings. The van der Waals surface area contributed by atoms with Gasteiger partial charge in [-0.05, 0) is 36.4 Å². The fourth-order valence-electron chi connectivity index (χ4n) is 1.86. The number of carbonyl (C=O) groups excluding carboxylic acids is 2. The minimum Gasteiger partial charge on any atom is -0.326 e. The van der Waals surface area contributed by atoms with Crippen molar-refractivity contribution in [2.24, 2.45) is 0 Å². The Morgan fingerprint density at radius 3 is 1.95 bits per heavy atom. The van der Waals surface area contributed by atoms with Gasteiger partial charge >= 0.3 is 0 Å². The molecule has 21 heavy (non-hydrogen) atoms. The van der Waals surface area contributed by atoms with Gasteiger partial charge in [0, 0.05) is 34.4 Å². The molecule has 1 N–H and O–H groups in total. The van der Waals surface area contributed by atoms with Crippen LogP contribution in [0.2, 0.25) is 0 Å². The molecule has 0 bridgehead atoms. The van der Waals surface area contributed by atoms with E-state index in [1.807, 2.05) is 55.5 Å². The van der Waals surface area contributed by atoms with Crippen LogP contribution < -0.4 is 5.32 Å². The van der Waals surface area contributed by atoms with Crippen LogP contribution >= 0.6 is 11.8 Å². The molecule has 3 nitrogen and oxygen atoms in total. The zero-order chi connectivity index (χ0) is 15.2. The first-order chi connectivity index (χ1) is 10.1. The Labute approximate surface area is 128 Å². The zero-order valence-electron chi connectivity index (χ0n) is 12.1. The summed E-state index contributed by atoms with van der Waals surface area (Å²) in [5.41, 5.74) is 1.54. The van der Waals surface area contributed by atoms with Crippen molar-refractivity contribution in [2.75, 3.05) is 5.32 Å². The standard InChI is InChI=1S/C17H17NO2S/c1-3-17(20)13-4-8-15(9-5-13)21-16-10-6-14(7-11-16)18-12(2)19/h4-11H,3H2,1-2H3,(H,18,19). The second-order valence-electron chi connectivity index (χ2n) is 4.61. The van der Waals surface area contributed by atoms with Crippen LogP contribution in [0.4, 0.5) is 5.69 Å². The maximum Gasteiger partial charge on any atom is 0.221 e. The Morgan fingerprint density at radius 1 is 0.952 bits per heavy atom. The number of rotatable bonds is 5. The number of Topliss-reactive ketones (excluding diaryl/α,β-unsaturated/α-hetero) is 1. The summed E-state index contributed by atoms with van der Waals surface area (Å²) in [5.74, 6) is 0.0813. The normalized spacial score (nSPS) is 10.2. The Hall–Kier alpha value is -2.07. The topological polar surface area (TPSA) is 46.2 Å². The summed E-state index contributed by atoms with van der Waals surface area (Å²) in [5, 5.41) is 2.74. The Bertz CT molecular complexity index is 633. The van der Waals surface area contributed by atoms with Crippen molar-refractivity contribution in [3.8, 4) is 0 Å². The third-order valence-corrected chi connectivity index (χ3v) is 3.92. The molecule has 108 valence electrons. The average molecular weight is 299 g/mol. The van der Waals surface area contributed by atoms with E-state index in [-0.39, 0.29) is 11.7 Å². The van der Waals surface area contributed by atoms with Gasteiger partial charge in [0.1, 0.15) is 0 Å². The molecular weight excluding hydrogens is 282 g/mol. The highest BCUT2D eigenvalue weighted by atomic mass is 32.2. The summed E-state index contributed by atoms with van der Waals surface area (Å²) in [4.78, 5) is 24.7. The second kappa shape index (κ2) is 7.09. The van der Waals surface area contributed by atoms with E-state index in [0.29, 0.717) is 6.42 Å². The second-order valence-corrected chi connectivity index (χ2v) is 5.76. The first kappa shape index (κ1) is 15.3. The number of amides is 1. The molecule has 0 atom stereocenters. The lowest BCUT2D eigenvalue weighted by Crippen LogP contribution is -2.05. The van der Waals surface area contributed by atoms with Crippen LogP contribution in [-0.2, 0) is 4.79 Å². The fourth-order valence-corrected chi connectivity index (χ4v) is 2.68. The first-order valence-electron chi connectivity index (χ1n) is 6.77. The van der Waals surface area contributed by atoms with Crippen LogP contribution in [0, 0.1) is 0 Å². The number of nitrogens with one attached hydrogen (secondary N) is 1. The summed E-state index contributed by atoms with van der Waals surface area (Å²) < 4.78 is 0. The van der Waals surface area contributed by atoms with E-state index >= 15 is 0 Å². The van der Waals surface area contributed by atoms with Crippen molar-refractivity contribution in [3.63, 3.8) is 0 Å². The zero-order valence-corrected chi connectivity index (χ0v) is 12.9. The van der Waals surface area contributed by atoms with Gasteiger partial charge in [0.05, 0.1) is 0 Å². The van der Waals surface area contributed by atoms with Gasteiger partial charge in [-0.2, -0.15) is 0 Å². The largest absolute Gasteiger partial charge is 0.326 e. The number of anilines is 1. The lowest BCUT2D eigenvalue weighted by Gasteiger charge is -2.05. The van der Waals surface area contributed by atoms with Gasteiger partial charge in [-0.1, -0.05) is 30.8 Å². The van der Waals surface area contributed by atoms with Crippen LogP contribution in [-0.4, -0.2) is 11.7 Å². The van der Waals surface area contributed by atoms with Crippen LogP contribution in [0.25, 0.3) is 0 Å². The maximum absolute atomic E-state index is 11.6. The van der Waals surface area contributed by atoms with Crippen molar-refractivity contribution in [1.82, 2.24) is 0 Å². The van der Waals surface area contributed by atoms with Crippen molar-refractivity contribution in [3.05, 3.63) is 54.1 Å². The molecule has 0 aliphatic carbocycles. The molecule has 0 heterocycles. The van der Waals surface area contributed by atoms with E-state index in [0.717, 1.165) is 21.0 Å². The Balaban J connectivity index is 2.04. The van der Waals surface area contributed by atoms with Gasteiger partial charge < -0.3 is 5.32 Å². The molecule has 0 unspecified atom stereocenters. The lowest BCUT2D eigenvalue weighted by molar-refractivity contribution is -0.114. The summed E-state index contributed by atoms with van der Waals surface area (Å²) in [6.45, 7) is 3.35. The smallest absolute Gasteiger partial charge is 0.221 e. The minimum absolute atomic E-state index is 0.0772. The van der Waals surface area contributed by atoms with Gasteiger partial charge in [-0.15, -0.1) is 0 Å². The lowest BCUT2D eigenvalue weighted by atomic mass is 10.1. The van der Waals surface area contributed by atoms with Crippen LogP contribution in [0.3, 0.4) is 0 Å². The number of hydrogen-bond acceptors (Lipinski definition) is 3. The summed E-state index contributed by atoms with van der Waals surface area (Å²) in [7, 11) is 0. The van der Waals surface area contributed by atoms with E-state index in [2.05, 4.69) is 5.32 Å². The quantitative estimate of drug-likeness (QED) is 0.833. The molecule has 0 radical (unpaired) electrons. The molecule has 1 amide bonds. The van der Waals surface area contributed by atoms with Gasteiger partial charge in [0.15, 0.2) is 5.78 Å². The summed E-state index contributed by atoms with van der Waals surface area (Å²) >= 11 is 1.62. The highest BCUT2D eigenvalue weighted by Crippen LogP contribution is 2.28. The van der Waals surface area contributed by atoms with Crippen molar-refractivity contribution in [1.29, 1.82) is 0 Å². The number of hydrogen-bond donors (Lipinski definition) is 1. The van der Waals surface area contributed by atoms with E-state index in [1.54, 1.807) is 11.8 Å². The van der Waals surface area contributed by atoms with E-state index in [9.17, 15) is 9.59 Å². The highest BCUT2D eigenvalue weighted by Gasteiger charge is 2.03. The van der Waals surface area contributed by atoms with E-state index in [1.165, 1.54) is 6.92 Å². The maximum atomic E-state index is 11.6. The van der Waals surface area contributed by atoms with E-state index < -0.39 is 0 Å². The average Bonchev–Trinajstić information content (AvgIpc) is 2.49. The molecule has 0 saturated heterocycles. The highest BCUT2D eigenvalue weighted by molar-refractivity contribution is 7.99. The van der Waals surface area contributed by atoms with Crippen LogP contribution in [0.15, 0.2) is 58.3 Å². The molecule has 4 heteroatoms. The molecular formula is C17H17NO2S. The molecule has 0 aromatic heterocycles. The van der Waals surface area contributed by atoms with Crippen molar-refractivity contribution in [2.45, 2.75) is 30.1 Å². The molecule has 2 aromatic carbocycles. The minimum atomic E-state index is -0.0772. The van der Waals surface area contributed by atoms with Gasteiger partial charge in [-0.3, -0.25) is 9.59 Å². The number of ketones is 1. The molecule has 0 spiro atoms. The third kappa shape index (κ3) is 4.46.